The molecule has 4 saturated carbocycles. The molecular weight excluding hydrogens is 728 g/mol. The third-order valence-corrected chi connectivity index (χ3v) is 16.4. The number of fused-ring (bicyclic) bond motifs is 5. The maximum absolute atomic E-state index is 12.3. The molecule has 322 valence electrons. The average Bonchev–Trinajstić information content (AvgIpc) is 3.51. The number of aliphatic hydroxyl groups is 8. The molecule has 6 rings (SSSR count). The Labute approximate surface area is 331 Å². The molecule has 9 N–H and O–H groups in total. The third-order valence-electron chi connectivity index (χ3n) is 16.4. The molecule has 0 aromatic carbocycles. The van der Waals surface area contributed by atoms with Crippen molar-refractivity contribution < 1.29 is 69.9 Å². The number of ether oxygens (including phenoxy) is 4. The second-order valence-corrected chi connectivity index (χ2v) is 19.7. The highest BCUT2D eigenvalue weighted by molar-refractivity contribution is 5.24. The van der Waals surface area contributed by atoms with Crippen LogP contribution in [0.5, 0.6) is 0 Å². The second-order valence-electron chi connectivity index (χ2n) is 19.7. The first kappa shape index (κ1) is 44.5. The van der Waals surface area contributed by atoms with Gasteiger partial charge in [0.25, 0.3) is 0 Å². The van der Waals surface area contributed by atoms with Gasteiger partial charge in [-0.3, -0.25) is 5.26 Å². The Hall–Kier alpha value is -1.08. The molecule has 0 aromatic heterocycles. The van der Waals surface area contributed by atoms with E-state index in [0.29, 0.717) is 37.7 Å². The maximum atomic E-state index is 12.3. The summed E-state index contributed by atoms with van der Waals surface area (Å²) < 4.78 is 25.1. The lowest BCUT2D eigenvalue weighted by molar-refractivity contribution is -0.381. The first-order valence-corrected chi connectivity index (χ1v) is 20.7. The van der Waals surface area contributed by atoms with Crippen molar-refractivity contribution in [2.45, 2.75) is 186 Å². The lowest BCUT2D eigenvalue weighted by Crippen LogP contribution is -2.71. The van der Waals surface area contributed by atoms with Gasteiger partial charge in [-0.2, -0.15) is 0 Å². The molecule has 0 spiro atoms. The molecule has 6 fully saturated rings. The molecule has 2 heterocycles. The van der Waals surface area contributed by atoms with E-state index in [1.54, 1.807) is 0 Å². The van der Waals surface area contributed by atoms with E-state index < -0.39 is 109 Å². The van der Waals surface area contributed by atoms with E-state index in [0.717, 1.165) is 18.4 Å². The summed E-state index contributed by atoms with van der Waals surface area (Å²) in [4.78, 5) is 4.69. The fraction of sp³-hybridized carbons (Fsp3) is 0.905. The van der Waals surface area contributed by atoms with Gasteiger partial charge in [0.05, 0.1) is 31.0 Å². The van der Waals surface area contributed by atoms with Crippen molar-refractivity contribution >= 4 is 0 Å². The molecule has 0 amide bonds. The van der Waals surface area contributed by atoms with E-state index in [4.69, 9.17) is 18.9 Å². The normalized spacial score (nSPS) is 52.4. The van der Waals surface area contributed by atoms with E-state index in [1.807, 2.05) is 20.8 Å². The van der Waals surface area contributed by atoms with Crippen molar-refractivity contribution in [3.8, 4) is 0 Å². The van der Waals surface area contributed by atoms with Gasteiger partial charge in [-0.1, -0.05) is 52.8 Å². The smallest absolute Gasteiger partial charge is 0.187 e. The Bertz CT molecular complexity index is 1440. The summed E-state index contributed by atoms with van der Waals surface area (Å²) in [5.74, 6) is -0.201. The van der Waals surface area contributed by atoms with Crippen molar-refractivity contribution in [1.82, 2.24) is 0 Å². The Morgan fingerprint density at radius 2 is 1.52 bits per heavy atom. The first-order chi connectivity index (χ1) is 26.1. The summed E-state index contributed by atoms with van der Waals surface area (Å²) in [6.45, 7) is 19.7. The number of rotatable bonds is 10. The van der Waals surface area contributed by atoms with Crippen molar-refractivity contribution in [3.63, 3.8) is 0 Å². The van der Waals surface area contributed by atoms with E-state index in [2.05, 4.69) is 45.2 Å². The second kappa shape index (κ2) is 16.1. The molecule has 0 aromatic rings. The molecule has 14 nitrogen and oxygen atoms in total. The SMILES string of the molecule is C=C(C)C(CC=C(C)C1CCC2(C)C1C(O)CC1C3(C)CCC(O)C(C)(C)C3C(OC3OC(CO)C(O)C(O)C3OC3OC(C)C(O)C(O)C3O)CC12C)OO. The van der Waals surface area contributed by atoms with Gasteiger partial charge in [0.2, 0.25) is 0 Å². The molecule has 2 aliphatic heterocycles. The zero-order chi connectivity index (χ0) is 41.4. The minimum Gasteiger partial charge on any atom is -0.394 e. The monoisotopic (exact) mass is 798 g/mol. The maximum Gasteiger partial charge on any atom is 0.187 e. The number of hydrogen-bond donors (Lipinski definition) is 9. The lowest BCUT2D eigenvalue weighted by Gasteiger charge is -2.72. The standard InChI is InChI=1S/C42H70O14/c1-19(2)24(56-51)11-10-20(3)22-12-15-41(8)29(22)23(44)16-27-40(7)14-13-28(45)39(5,6)36(40)25(17-42(27,41)9)53-38-35(33(49)31(47)26(18-43)54-38)55-37-34(50)32(48)30(46)21(4)52-37/h10,21-38,43-51H,1,11-18H2,2-9H3. The molecule has 14 heteroatoms. The largest absolute Gasteiger partial charge is 0.394 e. The van der Waals surface area contributed by atoms with Crippen LogP contribution in [0.25, 0.3) is 0 Å². The van der Waals surface area contributed by atoms with Gasteiger partial charge in [0, 0.05) is 0 Å². The van der Waals surface area contributed by atoms with Gasteiger partial charge >= 0.3 is 0 Å². The predicted molar refractivity (Wildman–Crippen MR) is 202 cm³/mol. The highest BCUT2D eigenvalue weighted by Gasteiger charge is 2.73. The summed E-state index contributed by atoms with van der Waals surface area (Å²) in [5.41, 5.74) is 0.0101. The summed E-state index contributed by atoms with van der Waals surface area (Å²) >= 11 is 0. The number of allylic oxidation sites excluding steroid dienone is 1. The molecule has 21 unspecified atom stereocenters. The van der Waals surface area contributed by atoms with E-state index in [9.17, 15) is 46.1 Å². The van der Waals surface area contributed by atoms with Crippen LogP contribution in [0, 0.1) is 45.3 Å². The predicted octanol–water partition coefficient (Wildman–Crippen LogP) is 2.42. The van der Waals surface area contributed by atoms with Crippen molar-refractivity contribution in [2.75, 3.05) is 6.61 Å². The van der Waals surface area contributed by atoms with Gasteiger partial charge < -0.3 is 59.8 Å². The summed E-state index contributed by atoms with van der Waals surface area (Å²) in [6.07, 6.45) is -10.2. The minimum absolute atomic E-state index is 0.0543. The third kappa shape index (κ3) is 7.08. The molecule has 56 heavy (non-hydrogen) atoms. The van der Waals surface area contributed by atoms with Gasteiger partial charge in [-0.25, -0.2) is 4.89 Å². The fourth-order valence-corrected chi connectivity index (χ4v) is 13.1. The fourth-order valence-electron chi connectivity index (χ4n) is 13.1. The highest BCUT2D eigenvalue weighted by Crippen LogP contribution is 2.76. The summed E-state index contributed by atoms with van der Waals surface area (Å²) in [5, 5.41) is 97.8. The summed E-state index contributed by atoms with van der Waals surface area (Å²) in [7, 11) is 0. The summed E-state index contributed by atoms with van der Waals surface area (Å²) in [6, 6.07) is 0. The van der Waals surface area contributed by atoms with Gasteiger partial charge in [-0.05, 0) is 117 Å². The Balaban J connectivity index is 1.38. The van der Waals surface area contributed by atoms with Gasteiger partial charge in [0.15, 0.2) is 12.6 Å². The van der Waals surface area contributed by atoms with Crippen molar-refractivity contribution in [3.05, 3.63) is 23.8 Å². The van der Waals surface area contributed by atoms with Crippen molar-refractivity contribution in [2.24, 2.45) is 45.3 Å². The van der Waals surface area contributed by atoms with Crippen LogP contribution in [-0.2, 0) is 23.8 Å². The van der Waals surface area contributed by atoms with E-state index >= 15 is 0 Å². The number of hydrogen-bond acceptors (Lipinski definition) is 14. The van der Waals surface area contributed by atoms with Crippen LogP contribution in [0.4, 0.5) is 0 Å². The lowest BCUT2D eigenvalue weighted by atomic mass is 9.34. The van der Waals surface area contributed by atoms with Crippen LogP contribution < -0.4 is 0 Å². The van der Waals surface area contributed by atoms with Crippen LogP contribution >= 0.6 is 0 Å². The quantitative estimate of drug-likeness (QED) is 0.0670. The van der Waals surface area contributed by atoms with Gasteiger partial charge in [0.1, 0.15) is 48.8 Å². The molecule has 6 aliphatic rings. The zero-order valence-corrected chi connectivity index (χ0v) is 34.4. The van der Waals surface area contributed by atoms with Crippen LogP contribution in [0.3, 0.4) is 0 Å². The Morgan fingerprint density at radius 3 is 2.14 bits per heavy atom. The molecule has 2 saturated heterocycles. The Morgan fingerprint density at radius 1 is 0.839 bits per heavy atom. The van der Waals surface area contributed by atoms with Crippen molar-refractivity contribution in [1.29, 1.82) is 0 Å². The minimum atomic E-state index is -1.70. The van der Waals surface area contributed by atoms with Crippen LogP contribution in [-0.4, -0.2) is 139 Å². The molecule has 0 radical (unpaired) electrons. The van der Waals surface area contributed by atoms with Crippen LogP contribution in [0.2, 0.25) is 0 Å². The van der Waals surface area contributed by atoms with Gasteiger partial charge in [-0.15, -0.1) is 0 Å². The average molecular weight is 799 g/mol. The first-order valence-electron chi connectivity index (χ1n) is 20.7. The molecule has 21 atom stereocenters. The Kier molecular flexibility index (Phi) is 12.8. The van der Waals surface area contributed by atoms with E-state index in [-0.39, 0.29) is 29.1 Å². The van der Waals surface area contributed by atoms with Crippen LogP contribution in [0.1, 0.15) is 100 Å². The van der Waals surface area contributed by atoms with E-state index in [1.165, 1.54) is 6.92 Å². The molecule has 4 aliphatic carbocycles. The molecular formula is C42H70O14. The number of aliphatic hydroxyl groups excluding tert-OH is 8. The zero-order valence-electron chi connectivity index (χ0n) is 34.4. The highest BCUT2D eigenvalue weighted by atomic mass is 17.1. The topological polar surface area (TPSA) is 228 Å². The van der Waals surface area contributed by atoms with Crippen LogP contribution in [0.15, 0.2) is 23.8 Å². The molecule has 0 bridgehead atoms.